The van der Waals surface area contributed by atoms with Gasteiger partial charge in [-0.1, -0.05) is 0 Å². The molecule has 9 heteroatoms. The summed E-state index contributed by atoms with van der Waals surface area (Å²) in [5, 5.41) is 2.73. The maximum Gasteiger partial charge on any atom is 0.255 e. The zero-order chi connectivity index (χ0) is 20.3. The van der Waals surface area contributed by atoms with Crippen LogP contribution in [0.3, 0.4) is 0 Å². The smallest absolute Gasteiger partial charge is 0.255 e. The van der Waals surface area contributed by atoms with Crippen LogP contribution in [0.25, 0.3) is 0 Å². The highest BCUT2D eigenvalue weighted by Gasteiger charge is 2.24. The Labute approximate surface area is 163 Å². The predicted octanol–water partition coefficient (Wildman–Crippen LogP) is 1.44. The monoisotopic (exact) mass is 402 g/mol. The highest BCUT2D eigenvalue weighted by atomic mass is 32.2. The molecule has 1 aliphatic rings. The van der Waals surface area contributed by atoms with Crippen LogP contribution in [-0.2, 0) is 14.6 Å². The molecule has 8 nitrogen and oxygen atoms in total. The third-order valence-corrected chi connectivity index (χ3v) is 5.83. The summed E-state index contributed by atoms with van der Waals surface area (Å²) in [7, 11) is -3.30. The molecule has 0 aliphatic carbocycles. The lowest BCUT2D eigenvalue weighted by Gasteiger charge is -2.32. The van der Waals surface area contributed by atoms with Crippen molar-refractivity contribution in [2.45, 2.75) is 17.7 Å². The number of primary amides is 1. The van der Waals surface area contributed by atoms with E-state index >= 15 is 0 Å². The number of anilines is 2. The van der Waals surface area contributed by atoms with Crippen LogP contribution >= 0.6 is 0 Å². The first-order valence-corrected chi connectivity index (χ1v) is 10.7. The van der Waals surface area contributed by atoms with E-state index in [1.54, 1.807) is 18.3 Å². The molecule has 0 saturated carbocycles. The first-order valence-electron chi connectivity index (χ1n) is 8.86. The molecule has 0 radical (unpaired) electrons. The Balaban J connectivity index is 1.65. The number of nitrogens with zero attached hydrogens (tertiary/aromatic N) is 2. The van der Waals surface area contributed by atoms with Gasteiger partial charge in [-0.2, -0.15) is 0 Å². The van der Waals surface area contributed by atoms with Gasteiger partial charge in [-0.15, -0.1) is 0 Å². The summed E-state index contributed by atoms with van der Waals surface area (Å²) in [6, 6.07) is 9.25. The molecule has 1 fully saturated rings. The standard InChI is InChI=1S/C19H22N4O4S/c1-28(26,27)16-7-4-13(5-8-16)19(25)22-15-6-9-17(21-11-15)23-10-2-3-14(12-23)18(20)24/h4-9,11,14H,2-3,10,12H2,1H3,(H2,20,24)(H,22,25). The van der Waals surface area contributed by atoms with Crippen LogP contribution in [0, 0.1) is 5.92 Å². The van der Waals surface area contributed by atoms with Crippen molar-refractivity contribution in [2.75, 3.05) is 29.6 Å². The summed E-state index contributed by atoms with van der Waals surface area (Å²) in [6.45, 7) is 1.34. The van der Waals surface area contributed by atoms with Crippen LogP contribution in [0.1, 0.15) is 23.2 Å². The van der Waals surface area contributed by atoms with E-state index in [1.807, 2.05) is 4.90 Å². The van der Waals surface area contributed by atoms with E-state index < -0.39 is 9.84 Å². The van der Waals surface area contributed by atoms with Crippen LogP contribution in [0.4, 0.5) is 11.5 Å². The Bertz CT molecular complexity index is 972. The maximum atomic E-state index is 12.3. The molecule has 2 amide bonds. The fraction of sp³-hybridized carbons (Fsp3) is 0.316. The van der Waals surface area contributed by atoms with E-state index in [1.165, 1.54) is 24.3 Å². The van der Waals surface area contributed by atoms with Gasteiger partial charge in [-0.3, -0.25) is 9.59 Å². The summed E-state index contributed by atoms with van der Waals surface area (Å²) >= 11 is 0. The Morgan fingerprint density at radius 2 is 1.89 bits per heavy atom. The van der Waals surface area contributed by atoms with Crippen molar-refractivity contribution in [1.29, 1.82) is 0 Å². The SMILES string of the molecule is CS(=O)(=O)c1ccc(C(=O)Nc2ccc(N3CCCC(C(N)=O)C3)nc2)cc1. The van der Waals surface area contributed by atoms with E-state index in [9.17, 15) is 18.0 Å². The van der Waals surface area contributed by atoms with E-state index in [0.717, 1.165) is 31.5 Å². The second-order valence-electron chi connectivity index (χ2n) is 6.84. The Morgan fingerprint density at radius 1 is 1.18 bits per heavy atom. The van der Waals surface area contributed by atoms with Gasteiger partial charge in [0.1, 0.15) is 5.82 Å². The third kappa shape index (κ3) is 4.66. The van der Waals surface area contributed by atoms with E-state index in [-0.39, 0.29) is 22.6 Å². The molecule has 148 valence electrons. The van der Waals surface area contributed by atoms with Gasteiger partial charge < -0.3 is 16.0 Å². The van der Waals surface area contributed by atoms with Crippen molar-refractivity contribution >= 4 is 33.2 Å². The van der Waals surface area contributed by atoms with Gasteiger partial charge >= 0.3 is 0 Å². The van der Waals surface area contributed by atoms with Crippen molar-refractivity contribution in [1.82, 2.24) is 4.98 Å². The minimum atomic E-state index is -3.30. The topological polar surface area (TPSA) is 122 Å². The third-order valence-electron chi connectivity index (χ3n) is 4.70. The number of rotatable bonds is 5. The molecule has 0 spiro atoms. The predicted molar refractivity (Wildman–Crippen MR) is 106 cm³/mol. The second kappa shape index (κ2) is 7.97. The lowest BCUT2D eigenvalue weighted by molar-refractivity contribution is -0.122. The minimum Gasteiger partial charge on any atom is -0.369 e. The van der Waals surface area contributed by atoms with Gasteiger partial charge in [-0.25, -0.2) is 13.4 Å². The summed E-state index contributed by atoms with van der Waals surface area (Å²) in [4.78, 5) is 30.3. The second-order valence-corrected chi connectivity index (χ2v) is 8.86. The number of sulfone groups is 1. The van der Waals surface area contributed by atoms with Crippen molar-refractivity contribution in [3.8, 4) is 0 Å². The highest BCUT2D eigenvalue weighted by molar-refractivity contribution is 7.90. The summed E-state index contributed by atoms with van der Waals surface area (Å²) in [6.07, 6.45) is 4.32. The molecule has 1 aromatic carbocycles. The highest BCUT2D eigenvalue weighted by Crippen LogP contribution is 2.22. The maximum absolute atomic E-state index is 12.3. The average Bonchev–Trinajstić information content (AvgIpc) is 2.68. The van der Waals surface area contributed by atoms with Crippen molar-refractivity contribution in [3.05, 3.63) is 48.2 Å². The summed E-state index contributed by atoms with van der Waals surface area (Å²) < 4.78 is 23.0. The van der Waals surface area contributed by atoms with Gasteiger partial charge in [0.25, 0.3) is 5.91 Å². The van der Waals surface area contributed by atoms with E-state index in [0.29, 0.717) is 17.8 Å². The number of pyridine rings is 1. The van der Waals surface area contributed by atoms with E-state index in [4.69, 9.17) is 5.73 Å². The van der Waals surface area contributed by atoms with E-state index in [2.05, 4.69) is 10.3 Å². The number of hydrogen-bond acceptors (Lipinski definition) is 6. The molecule has 1 saturated heterocycles. The molecule has 1 unspecified atom stereocenters. The zero-order valence-electron chi connectivity index (χ0n) is 15.5. The molecule has 0 bridgehead atoms. The van der Waals surface area contributed by atoms with Crippen molar-refractivity contribution < 1.29 is 18.0 Å². The summed E-state index contributed by atoms with van der Waals surface area (Å²) in [5.41, 5.74) is 6.27. The minimum absolute atomic E-state index is 0.158. The molecule has 1 aromatic heterocycles. The summed E-state index contributed by atoms with van der Waals surface area (Å²) in [5.74, 6) is -0.108. The Kier molecular flexibility index (Phi) is 5.64. The van der Waals surface area contributed by atoms with Gasteiger partial charge in [0.2, 0.25) is 5.91 Å². The fourth-order valence-electron chi connectivity index (χ4n) is 3.12. The zero-order valence-corrected chi connectivity index (χ0v) is 16.3. The number of nitrogens with one attached hydrogen (secondary N) is 1. The molecule has 2 heterocycles. The first kappa shape index (κ1) is 19.8. The van der Waals surface area contributed by atoms with Crippen LogP contribution < -0.4 is 16.0 Å². The number of piperidine rings is 1. The molecular formula is C19H22N4O4S. The Morgan fingerprint density at radius 3 is 2.46 bits per heavy atom. The molecule has 28 heavy (non-hydrogen) atoms. The lowest BCUT2D eigenvalue weighted by Crippen LogP contribution is -2.41. The van der Waals surface area contributed by atoms with Crippen LogP contribution in [0.5, 0.6) is 0 Å². The van der Waals surface area contributed by atoms with Crippen LogP contribution in [-0.4, -0.2) is 44.6 Å². The normalized spacial score (nSPS) is 17.2. The number of nitrogens with two attached hydrogens (primary N) is 1. The Hall–Kier alpha value is -2.94. The van der Waals surface area contributed by atoms with Gasteiger partial charge in [0.15, 0.2) is 9.84 Å². The van der Waals surface area contributed by atoms with Crippen molar-refractivity contribution in [2.24, 2.45) is 11.7 Å². The molecule has 3 N–H and O–H groups in total. The number of carbonyl (C=O) groups is 2. The van der Waals surface area contributed by atoms with Gasteiger partial charge in [-0.05, 0) is 49.2 Å². The first-order chi connectivity index (χ1) is 13.2. The molecular weight excluding hydrogens is 380 g/mol. The fourth-order valence-corrected chi connectivity index (χ4v) is 3.75. The van der Waals surface area contributed by atoms with Gasteiger partial charge in [0, 0.05) is 24.9 Å². The number of aromatic nitrogens is 1. The number of amides is 2. The molecule has 1 atom stereocenters. The largest absolute Gasteiger partial charge is 0.369 e. The lowest BCUT2D eigenvalue weighted by atomic mass is 9.97. The van der Waals surface area contributed by atoms with Gasteiger partial charge in [0.05, 0.1) is 22.7 Å². The molecule has 1 aliphatic heterocycles. The van der Waals surface area contributed by atoms with Crippen LogP contribution in [0.2, 0.25) is 0 Å². The molecule has 3 rings (SSSR count). The quantitative estimate of drug-likeness (QED) is 0.780. The molecule has 2 aromatic rings. The number of benzene rings is 1. The number of hydrogen-bond donors (Lipinski definition) is 2. The number of carbonyl (C=O) groups excluding carboxylic acids is 2. The average molecular weight is 402 g/mol. The van der Waals surface area contributed by atoms with Crippen molar-refractivity contribution in [3.63, 3.8) is 0 Å². The van der Waals surface area contributed by atoms with Crippen LogP contribution in [0.15, 0.2) is 47.5 Å².